The summed E-state index contributed by atoms with van der Waals surface area (Å²) in [5.74, 6) is -0.549. The lowest BCUT2D eigenvalue weighted by Gasteiger charge is -2.44. The highest BCUT2D eigenvalue weighted by atomic mass is 35.5. The fraction of sp³-hybridized carbons (Fsp3) is 0.273. The van der Waals surface area contributed by atoms with E-state index >= 15 is 0 Å². The second-order valence-corrected chi connectivity index (χ2v) is 7.44. The van der Waals surface area contributed by atoms with Crippen molar-refractivity contribution in [1.82, 2.24) is 5.32 Å². The summed E-state index contributed by atoms with van der Waals surface area (Å²) in [6.45, 7) is 3.90. The smallest absolute Gasteiger partial charge is 0.228 e. The molecule has 146 valence electrons. The minimum Gasteiger partial charge on any atom is -0.480 e. The van der Waals surface area contributed by atoms with Crippen molar-refractivity contribution >= 4 is 24.0 Å². The quantitative estimate of drug-likeness (QED) is 0.829. The van der Waals surface area contributed by atoms with E-state index in [4.69, 9.17) is 4.74 Å². The summed E-state index contributed by atoms with van der Waals surface area (Å²) < 4.78 is 5.83. The predicted molar refractivity (Wildman–Crippen MR) is 108 cm³/mol. The number of carbonyl (C=O) groups is 2. The zero-order valence-corrected chi connectivity index (χ0v) is 16.5. The van der Waals surface area contributed by atoms with Crippen LogP contribution in [0.3, 0.4) is 0 Å². The largest absolute Gasteiger partial charge is 0.480 e. The average molecular weight is 400 g/mol. The highest BCUT2D eigenvalue weighted by Crippen LogP contribution is 2.38. The molecule has 28 heavy (non-hydrogen) atoms. The number of allylic oxidation sites excluding steroid dienone is 1. The van der Waals surface area contributed by atoms with Crippen LogP contribution >= 0.6 is 12.4 Å². The van der Waals surface area contributed by atoms with Crippen LogP contribution in [0, 0.1) is 0 Å². The molecule has 6 heteroatoms. The Morgan fingerprint density at radius 2 is 1.54 bits per heavy atom. The van der Waals surface area contributed by atoms with E-state index < -0.39 is 17.7 Å². The van der Waals surface area contributed by atoms with E-state index in [2.05, 4.69) is 5.32 Å². The molecule has 0 saturated heterocycles. The predicted octanol–water partition coefficient (Wildman–Crippen LogP) is 3.07. The van der Waals surface area contributed by atoms with Crippen LogP contribution in [0.25, 0.3) is 0 Å². The van der Waals surface area contributed by atoms with Gasteiger partial charge in [-0.25, -0.2) is 0 Å². The molecule has 0 unspecified atom stereocenters. The molecule has 0 spiro atoms. The van der Waals surface area contributed by atoms with Crippen LogP contribution in [0.2, 0.25) is 0 Å². The average Bonchev–Trinajstić information content (AvgIpc) is 2.67. The topological polar surface area (TPSA) is 75.6 Å². The van der Waals surface area contributed by atoms with Crippen molar-refractivity contribution in [2.45, 2.75) is 38.1 Å². The maximum Gasteiger partial charge on any atom is 0.228 e. The van der Waals surface area contributed by atoms with Gasteiger partial charge in [-0.1, -0.05) is 54.6 Å². The first kappa shape index (κ1) is 20.3. The molecule has 5 nitrogen and oxygen atoms in total. The summed E-state index contributed by atoms with van der Waals surface area (Å²) in [5.41, 5.74) is 0.918. The molecule has 2 aromatic rings. The van der Waals surface area contributed by atoms with Gasteiger partial charge in [0, 0.05) is 17.7 Å². The fourth-order valence-corrected chi connectivity index (χ4v) is 3.68. The van der Waals surface area contributed by atoms with Gasteiger partial charge in [-0.05, 0) is 19.4 Å². The van der Waals surface area contributed by atoms with E-state index in [1.54, 1.807) is 38.1 Å². The van der Waals surface area contributed by atoms with Crippen LogP contribution in [0.1, 0.15) is 40.1 Å². The molecule has 0 aromatic heterocycles. The van der Waals surface area contributed by atoms with Crippen molar-refractivity contribution in [3.05, 3.63) is 82.6 Å². The van der Waals surface area contributed by atoms with Crippen molar-refractivity contribution in [3.63, 3.8) is 0 Å². The zero-order valence-electron chi connectivity index (χ0n) is 15.6. The molecule has 0 amide bonds. The Morgan fingerprint density at radius 1 is 0.964 bits per heavy atom. The Hall–Kier alpha value is -2.47. The van der Waals surface area contributed by atoms with E-state index in [0.29, 0.717) is 17.7 Å². The Labute approximate surface area is 169 Å². The second kappa shape index (κ2) is 7.51. The molecular formula is C22H22ClNO4. The fourth-order valence-electron chi connectivity index (χ4n) is 3.68. The summed E-state index contributed by atoms with van der Waals surface area (Å²) >= 11 is 0. The third-order valence-corrected chi connectivity index (χ3v) is 5.18. The number of aliphatic hydroxyl groups excluding tert-OH is 1. The van der Waals surface area contributed by atoms with Crippen LogP contribution in [0.5, 0.6) is 0 Å². The van der Waals surface area contributed by atoms with Gasteiger partial charge < -0.3 is 15.2 Å². The van der Waals surface area contributed by atoms with Crippen molar-refractivity contribution in [1.29, 1.82) is 0 Å². The van der Waals surface area contributed by atoms with E-state index in [0.717, 1.165) is 5.56 Å². The summed E-state index contributed by atoms with van der Waals surface area (Å²) in [6, 6.07) is 15.7. The molecule has 1 heterocycles. The van der Waals surface area contributed by atoms with Gasteiger partial charge in [0.05, 0.1) is 11.6 Å². The maximum atomic E-state index is 13.1. The van der Waals surface area contributed by atoms with Crippen molar-refractivity contribution in [2.75, 3.05) is 0 Å². The van der Waals surface area contributed by atoms with Gasteiger partial charge in [0.1, 0.15) is 11.7 Å². The van der Waals surface area contributed by atoms with Gasteiger partial charge in [-0.2, -0.15) is 0 Å². The molecule has 2 atom stereocenters. The number of benzene rings is 2. The number of ketones is 2. The number of aliphatic hydroxyl groups is 1. The minimum atomic E-state index is -1.00. The van der Waals surface area contributed by atoms with Crippen molar-refractivity contribution < 1.29 is 19.4 Å². The van der Waals surface area contributed by atoms with Crippen LogP contribution in [0.4, 0.5) is 0 Å². The maximum absolute atomic E-state index is 13.1. The summed E-state index contributed by atoms with van der Waals surface area (Å²) in [5, 5.41) is 14.1. The van der Waals surface area contributed by atoms with Crippen LogP contribution in [-0.2, 0) is 11.3 Å². The lowest BCUT2D eigenvalue weighted by atomic mass is 9.78. The number of fused-ring (bicyclic) bond motifs is 1. The number of hydrogen-bond acceptors (Lipinski definition) is 5. The molecule has 0 fully saturated rings. The third-order valence-electron chi connectivity index (χ3n) is 5.18. The molecule has 0 saturated carbocycles. The molecule has 4 rings (SSSR count). The number of halogens is 1. The normalized spacial score (nSPS) is 22.7. The van der Waals surface area contributed by atoms with Gasteiger partial charge in [0.2, 0.25) is 5.78 Å². The SMILES string of the molecule is CC1(C)OC2=C(C(=O)c3ccccc3C2=O)[C@H](NCc2ccccc2)[C@@H]1O.Cl. The number of ether oxygens (including phenoxy) is 1. The molecule has 0 bridgehead atoms. The monoisotopic (exact) mass is 399 g/mol. The van der Waals surface area contributed by atoms with Crippen LogP contribution in [-0.4, -0.2) is 34.4 Å². The molecule has 0 radical (unpaired) electrons. The van der Waals surface area contributed by atoms with Crippen LogP contribution in [0.15, 0.2) is 65.9 Å². The summed E-state index contributed by atoms with van der Waals surface area (Å²) in [7, 11) is 0. The Balaban J connectivity index is 0.00000225. The second-order valence-electron chi connectivity index (χ2n) is 7.44. The first-order chi connectivity index (χ1) is 12.9. The van der Waals surface area contributed by atoms with Gasteiger partial charge >= 0.3 is 0 Å². The van der Waals surface area contributed by atoms with E-state index in [1.807, 2.05) is 30.3 Å². The molecule has 2 N–H and O–H groups in total. The number of rotatable bonds is 3. The molecule has 1 aliphatic carbocycles. The standard InChI is InChI=1S/C22H21NO4.ClH/c1-22(2)21(26)17(23-12-13-8-4-3-5-9-13)16-18(24)14-10-6-7-11-15(14)19(25)20(16)27-22;/h3-11,17,21,23,26H,12H2,1-2H3;1H/t17-,21-;/m0./s1. The van der Waals surface area contributed by atoms with Gasteiger partial charge in [0.25, 0.3) is 0 Å². The van der Waals surface area contributed by atoms with Crippen molar-refractivity contribution in [3.8, 4) is 0 Å². The number of hydrogen-bond donors (Lipinski definition) is 2. The minimum absolute atomic E-state index is 0. The summed E-state index contributed by atoms with van der Waals surface area (Å²) in [4.78, 5) is 26.1. The molecular weight excluding hydrogens is 378 g/mol. The zero-order chi connectivity index (χ0) is 19.2. The lowest BCUT2D eigenvalue weighted by molar-refractivity contribution is -0.0923. The number of carbonyl (C=O) groups excluding carboxylic acids is 2. The molecule has 1 aliphatic heterocycles. The number of Topliss-reactive ketones (excluding diaryl/α,β-unsaturated/α-hetero) is 2. The van der Waals surface area contributed by atoms with Crippen LogP contribution < -0.4 is 5.32 Å². The Bertz CT molecular complexity index is 952. The Morgan fingerprint density at radius 3 is 2.18 bits per heavy atom. The van der Waals surface area contributed by atoms with Crippen molar-refractivity contribution in [2.24, 2.45) is 0 Å². The number of nitrogens with one attached hydrogen (secondary N) is 1. The highest BCUT2D eigenvalue weighted by molar-refractivity contribution is 6.26. The lowest BCUT2D eigenvalue weighted by Crippen LogP contribution is -2.58. The third kappa shape index (κ3) is 3.26. The van der Waals surface area contributed by atoms with E-state index in [1.165, 1.54) is 0 Å². The van der Waals surface area contributed by atoms with Gasteiger partial charge in [-0.3, -0.25) is 9.59 Å². The van der Waals surface area contributed by atoms with E-state index in [9.17, 15) is 14.7 Å². The van der Waals surface area contributed by atoms with Gasteiger partial charge in [-0.15, -0.1) is 12.4 Å². The summed E-state index contributed by atoms with van der Waals surface area (Å²) in [6.07, 6.45) is -0.984. The van der Waals surface area contributed by atoms with E-state index in [-0.39, 0.29) is 35.3 Å². The Kier molecular flexibility index (Phi) is 5.44. The molecule has 2 aliphatic rings. The van der Waals surface area contributed by atoms with Gasteiger partial charge in [0.15, 0.2) is 11.5 Å². The molecule has 2 aromatic carbocycles. The highest BCUT2D eigenvalue weighted by Gasteiger charge is 2.50. The first-order valence-corrected chi connectivity index (χ1v) is 8.97. The first-order valence-electron chi connectivity index (χ1n) is 8.97.